The number of likely N-dealkylation sites (N-methyl/N-ethyl adjacent to an activating group) is 1. The Balaban J connectivity index is 0.00000324. The van der Waals surface area contributed by atoms with Crippen molar-refractivity contribution in [2.45, 2.75) is 40.0 Å². The smallest absolute Gasteiger partial charge is 0.191 e. The van der Waals surface area contributed by atoms with Gasteiger partial charge in [0.25, 0.3) is 0 Å². The summed E-state index contributed by atoms with van der Waals surface area (Å²) in [5.41, 5.74) is 0. The first kappa shape index (κ1) is 19.0. The molecule has 1 saturated carbocycles. The molecule has 0 aromatic heterocycles. The summed E-state index contributed by atoms with van der Waals surface area (Å²) in [5.74, 6) is 1.84. The Labute approximate surface area is 135 Å². The Hall–Kier alpha value is -0.0400. The Morgan fingerprint density at radius 1 is 1.16 bits per heavy atom. The molecule has 1 aliphatic carbocycles. The third-order valence-corrected chi connectivity index (χ3v) is 3.26. The third kappa shape index (κ3) is 9.49. The number of hydrogen-bond acceptors (Lipinski definition) is 2. The lowest BCUT2D eigenvalue weighted by Gasteiger charge is -2.20. The Kier molecular flexibility index (Phi) is 11.7. The monoisotopic (exact) mass is 382 g/mol. The second kappa shape index (κ2) is 11.8. The summed E-state index contributed by atoms with van der Waals surface area (Å²) in [6.45, 7) is 12.9. The van der Waals surface area contributed by atoms with Gasteiger partial charge in [0.2, 0.25) is 0 Å². The molecule has 0 aromatic rings. The van der Waals surface area contributed by atoms with Gasteiger partial charge in [-0.25, -0.2) is 0 Å². The standard InChI is InChI=1S/C14H30N4.HI/c1-4-10-18(6-3)11-9-16-14(15-5-2)17-12-13-7-8-13;/h13H,4-12H2,1-3H3,(H2,15,16,17);1H. The van der Waals surface area contributed by atoms with Gasteiger partial charge in [0.15, 0.2) is 5.96 Å². The molecule has 0 spiro atoms. The first-order valence-electron chi connectivity index (χ1n) is 7.54. The highest BCUT2D eigenvalue weighted by Gasteiger charge is 2.20. The van der Waals surface area contributed by atoms with Gasteiger partial charge in [-0.05, 0) is 45.2 Å². The molecule has 5 heteroatoms. The molecule has 1 fully saturated rings. The van der Waals surface area contributed by atoms with E-state index in [2.05, 4.69) is 41.3 Å². The van der Waals surface area contributed by atoms with E-state index in [1.54, 1.807) is 0 Å². The van der Waals surface area contributed by atoms with Gasteiger partial charge in [-0.2, -0.15) is 0 Å². The average Bonchev–Trinajstić information content (AvgIpc) is 3.18. The number of halogens is 1. The number of nitrogens with one attached hydrogen (secondary N) is 2. The van der Waals surface area contributed by atoms with E-state index in [0.717, 1.165) is 44.6 Å². The van der Waals surface area contributed by atoms with Gasteiger partial charge in [-0.1, -0.05) is 13.8 Å². The summed E-state index contributed by atoms with van der Waals surface area (Å²) in [4.78, 5) is 7.09. The van der Waals surface area contributed by atoms with Crippen LogP contribution in [0.15, 0.2) is 4.99 Å². The SMILES string of the molecule is CCCN(CC)CCNC(=NCC1CC1)NCC.I. The van der Waals surface area contributed by atoms with E-state index in [1.807, 2.05) is 0 Å². The molecule has 114 valence electrons. The fourth-order valence-corrected chi connectivity index (χ4v) is 1.94. The minimum Gasteiger partial charge on any atom is -0.357 e. The maximum atomic E-state index is 4.62. The summed E-state index contributed by atoms with van der Waals surface area (Å²) in [5, 5.41) is 6.73. The van der Waals surface area contributed by atoms with Crippen LogP contribution in [-0.4, -0.2) is 50.1 Å². The molecule has 0 unspecified atom stereocenters. The van der Waals surface area contributed by atoms with Crippen molar-refractivity contribution in [1.82, 2.24) is 15.5 Å². The quantitative estimate of drug-likeness (QED) is 0.365. The van der Waals surface area contributed by atoms with E-state index in [4.69, 9.17) is 0 Å². The lowest BCUT2D eigenvalue weighted by Crippen LogP contribution is -2.41. The van der Waals surface area contributed by atoms with Gasteiger partial charge in [-0.3, -0.25) is 4.99 Å². The normalized spacial score (nSPS) is 15.3. The summed E-state index contributed by atoms with van der Waals surface area (Å²) in [6, 6.07) is 0. The van der Waals surface area contributed by atoms with Gasteiger partial charge in [0.05, 0.1) is 0 Å². The maximum Gasteiger partial charge on any atom is 0.191 e. The van der Waals surface area contributed by atoms with Crippen LogP contribution in [0.4, 0.5) is 0 Å². The van der Waals surface area contributed by atoms with Crippen molar-refractivity contribution < 1.29 is 0 Å². The van der Waals surface area contributed by atoms with Gasteiger partial charge >= 0.3 is 0 Å². The number of aliphatic imine (C=N–C) groups is 1. The maximum absolute atomic E-state index is 4.62. The van der Waals surface area contributed by atoms with Gasteiger partial charge < -0.3 is 15.5 Å². The lowest BCUT2D eigenvalue weighted by molar-refractivity contribution is 0.293. The van der Waals surface area contributed by atoms with Crippen LogP contribution >= 0.6 is 24.0 Å². The Bertz CT molecular complexity index is 242. The lowest BCUT2D eigenvalue weighted by atomic mass is 10.4. The van der Waals surface area contributed by atoms with Crippen LogP contribution in [0, 0.1) is 5.92 Å². The molecule has 2 N–H and O–H groups in total. The zero-order valence-corrected chi connectivity index (χ0v) is 15.1. The first-order valence-corrected chi connectivity index (χ1v) is 7.54. The molecular formula is C14H31IN4. The van der Waals surface area contributed by atoms with Gasteiger partial charge in [0, 0.05) is 26.2 Å². The van der Waals surface area contributed by atoms with Crippen LogP contribution in [0.3, 0.4) is 0 Å². The molecule has 0 atom stereocenters. The minimum absolute atomic E-state index is 0. The van der Waals surface area contributed by atoms with Crippen molar-refractivity contribution in [3.63, 3.8) is 0 Å². The summed E-state index contributed by atoms with van der Waals surface area (Å²) in [7, 11) is 0. The largest absolute Gasteiger partial charge is 0.357 e. The molecule has 1 rings (SSSR count). The molecule has 0 aromatic carbocycles. The molecule has 0 bridgehead atoms. The van der Waals surface area contributed by atoms with Crippen molar-refractivity contribution >= 4 is 29.9 Å². The van der Waals surface area contributed by atoms with Crippen LogP contribution in [0.5, 0.6) is 0 Å². The molecule has 0 saturated heterocycles. The molecule has 19 heavy (non-hydrogen) atoms. The number of hydrogen-bond donors (Lipinski definition) is 2. The predicted octanol–water partition coefficient (Wildman–Crippen LogP) is 2.30. The van der Waals surface area contributed by atoms with E-state index in [1.165, 1.54) is 25.8 Å². The van der Waals surface area contributed by atoms with Crippen molar-refractivity contribution in [2.75, 3.05) is 39.3 Å². The Morgan fingerprint density at radius 2 is 1.89 bits per heavy atom. The predicted molar refractivity (Wildman–Crippen MR) is 94.5 cm³/mol. The van der Waals surface area contributed by atoms with E-state index >= 15 is 0 Å². The van der Waals surface area contributed by atoms with Crippen LogP contribution < -0.4 is 10.6 Å². The highest BCUT2D eigenvalue weighted by atomic mass is 127. The van der Waals surface area contributed by atoms with Crippen LogP contribution in [0.25, 0.3) is 0 Å². The summed E-state index contributed by atoms with van der Waals surface area (Å²) in [6.07, 6.45) is 3.95. The molecule has 0 radical (unpaired) electrons. The third-order valence-electron chi connectivity index (χ3n) is 3.26. The van der Waals surface area contributed by atoms with Crippen LogP contribution in [-0.2, 0) is 0 Å². The number of rotatable bonds is 9. The topological polar surface area (TPSA) is 39.7 Å². The molecule has 0 amide bonds. The van der Waals surface area contributed by atoms with E-state index in [0.29, 0.717) is 0 Å². The molecule has 1 aliphatic rings. The van der Waals surface area contributed by atoms with Crippen molar-refractivity contribution in [1.29, 1.82) is 0 Å². The van der Waals surface area contributed by atoms with Crippen molar-refractivity contribution in [3.8, 4) is 0 Å². The fourth-order valence-electron chi connectivity index (χ4n) is 1.94. The molecule has 0 aliphatic heterocycles. The zero-order chi connectivity index (χ0) is 13.2. The fraction of sp³-hybridized carbons (Fsp3) is 0.929. The average molecular weight is 382 g/mol. The number of guanidine groups is 1. The van der Waals surface area contributed by atoms with E-state index in [9.17, 15) is 0 Å². The summed E-state index contributed by atoms with van der Waals surface area (Å²) < 4.78 is 0. The molecular weight excluding hydrogens is 351 g/mol. The van der Waals surface area contributed by atoms with E-state index in [-0.39, 0.29) is 24.0 Å². The first-order chi connectivity index (χ1) is 8.80. The van der Waals surface area contributed by atoms with Gasteiger partial charge in [0.1, 0.15) is 0 Å². The van der Waals surface area contributed by atoms with Crippen LogP contribution in [0.1, 0.15) is 40.0 Å². The molecule has 0 heterocycles. The summed E-state index contributed by atoms with van der Waals surface area (Å²) >= 11 is 0. The van der Waals surface area contributed by atoms with Gasteiger partial charge in [-0.15, -0.1) is 24.0 Å². The minimum atomic E-state index is 0. The zero-order valence-electron chi connectivity index (χ0n) is 12.7. The van der Waals surface area contributed by atoms with Crippen molar-refractivity contribution in [2.24, 2.45) is 10.9 Å². The van der Waals surface area contributed by atoms with E-state index < -0.39 is 0 Å². The highest BCUT2D eigenvalue weighted by Crippen LogP contribution is 2.28. The highest BCUT2D eigenvalue weighted by molar-refractivity contribution is 14.0. The second-order valence-corrected chi connectivity index (χ2v) is 5.02. The second-order valence-electron chi connectivity index (χ2n) is 5.02. The van der Waals surface area contributed by atoms with Crippen LogP contribution in [0.2, 0.25) is 0 Å². The molecule has 4 nitrogen and oxygen atoms in total. The van der Waals surface area contributed by atoms with Crippen molar-refractivity contribution in [3.05, 3.63) is 0 Å². The number of nitrogens with zero attached hydrogens (tertiary/aromatic N) is 2. The Morgan fingerprint density at radius 3 is 2.42 bits per heavy atom.